The Kier molecular flexibility index (Phi) is 10.6. The van der Waals surface area contributed by atoms with Crippen LogP contribution in [0.5, 0.6) is 23.0 Å². The van der Waals surface area contributed by atoms with E-state index in [-0.39, 0.29) is 10.6 Å². The number of aromatic hydroxyl groups is 1. The lowest BCUT2D eigenvalue weighted by atomic mass is 9.96. The quantitative estimate of drug-likeness (QED) is 0.207. The molecule has 0 amide bonds. The maximum atomic E-state index is 12.1. The minimum atomic E-state index is -5.08. The van der Waals surface area contributed by atoms with E-state index in [1.54, 1.807) is 24.3 Å². The summed E-state index contributed by atoms with van der Waals surface area (Å²) in [5.41, 5.74) is 2.54. The van der Waals surface area contributed by atoms with Crippen molar-refractivity contribution >= 4 is 26.6 Å². The second kappa shape index (κ2) is 14.2. The highest BCUT2D eigenvalue weighted by Gasteiger charge is 2.38. The van der Waals surface area contributed by atoms with Gasteiger partial charge in [-0.25, -0.2) is 13.2 Å². The molecule has 1 saturated heterocycles. The van der Waals surface area contributed by atoms with E-state index in [0.717, 1.165) is 52.8 Å². The normalized spacial score (nSPS) is 14.0. The summed E-state index contributed by atoms with van der Waals surface area (Å²) >= 11 is 0. The Bertz CT molecular complexity index is 1750. The first-order valence-electron chi connectivity index (χ1n) is 14.2. The maximum Gasteiger partial charge on any atom is 0.490 e. The molecule has 0 atom stereocenters. The van der Waals surface area contributed by atoms with Crippen molar-refractivity contribution in [2.45, 2.75) is 37.3 Å². The van der Waals surface area contributed by atoms with Crippen molar-refractivity contribution in [2.24, 2.45) is 0 Å². The maximum absolute atomic E-state index is 12.1. The molecule has 1 fully saturated rings. The van der Waals surface area contributed by atoms with Gasteiger partial charge in [-0.1, -0.05) is 18.6 Å². The Hall–Kier alpha value is -4.29. The van der Waals surface area contributed by atoms with Gasteiger partial charge in [-0.3, -0.25) is 4.90 Å². The molecule has 0 radical (unpaired) electrons. The fraction of sp³-hybridized carbons (Fsp3) is 0.303. The van der Waals surface area contributed by atoms with Crippen molar-refractivity contribution in [3.05, 3.63) is 78.4 Å². The third kappa shape index (κ3) is 9.11. The lowest BCUT2D eigenvalue weighted by Gasteiger charge is -2.26. The van der Waals surface area contributed by atoms with Gasteiger partial charge < -0.3 is 19.7 Å². The summed E-state index contributed by atoms with van der Waals surface area (Å²) in [6.45, 7) is 5.78. The summed E-state index contributed by atoms with van der Waals surface area (Å²) in [5, 5.41) is 18.8. The molecule has 8 nitrogen and oxygen atoms in total. The van der Waals surface area contributed by atoms with E-state index in [4.69, 9.17) is 19.4 Å². The number of rotatable bonds is 8. The molecule has 5 rings (SSSR count). The number of carboxylic acid groups (broad SMARTS) is 1. The first-order valence-corrected chi connectivity index (χ1v) is 16.1. The number of phenolic OH excluding ortho intramolecular Hbond substituents is 1. The van der Waals surface area contributed by atoms with Gasteiger partial charge in [0.05, 0.1) is 4.90 Å². The van der Waals surface area contributed by atoms with Crippen LogP contribution in [0.1, 0.15) is 24.8 Å². The van der Waals surface area contributed by atoms with Crippen LogP contribution in [-0.2, 0) is 14.6 Å². The number of aliphatic carboxylic acids is 1. The number of hydrogen-bond acceptors (Lipinski definition) is 7. The van der Waals surface area contributed by atoms with Gasteiger partial charge in [0.2, 0.25) is 0 Å². The number of carboxylic acids is 1. The fourth-order valence-electron chi connectivity index (χ4n) is 4.98. The van der Waals surface area contributed by atoms with Crippen molar-refractivity contribution in [2.75, 3.05) is 32.5 Å². The molecule has 4 aromatic carbocycles. The summed E-state index contributed by atoms with van der Waals surface area (Å²) in [6.07, 6.45) is -0.0180. The fourth-order valence-corrected chi connectivity index (χ4v) is 5.68. The lowest BCUT2D eigenvalue weighted by Crippen LogP contribution is -2.33. The average molecular weight is 646 g/mol. The Labute approximate surface area is 259 Å². The zero-order valence-corrected chi connectivity index (χ0v) is 25.6. The van der Waals surface area contributed by atoms with Gasteiger partial charge in [0, 0.05) is 23.8 Å². The van der Waals surface area contributed by atoms with E-state index in [2.05, 4.69) is 4.90 Å². The van der Waals surface area contributed by atoms with Gasteiger partial charge in [0.25, 0.3) is 0 Å². The predicted octanol–water partition coefficient (Wildman–Crippen LogP) is 7.21. The summed E-state index contributed by atoms with van der Waals surface area (Å²) < 4.78 is 68.3. The molecule has 240 valence electrons. The van der Waals surface area contributed by atoms with Gasteiger partial charge in [0.1, 0.15) is 29.6 Å². The van der Waals surface area contributed by atoms with Gasteiger partial charge in [-0.15, -0.1) is 0 Å². The van der Waals surface area contributed by atoms with Crippen LogP contribution in [0.2, 0.25) is 0 Å². The number of hydrogen-bond donors (Lipinski definition) is 2. The number of alkyl halides is 3. The van der Waals surface area contributed by atoms with Crippen molar-refractivity contribution < 1.29 is 46.1 Å². The molecular formula is C33H34F3NO7S. The topological polar surface area (TPSA) is 113 Å². The molecule has 0 bridgehead atoms. The van der Waals surface area contributed by atoms with Crippen LogP contribution in [0.25, 0.3) is 21.9 Å². The Morgan fingerprint density at radius 1 is 0.889 bits per heavy atom. The van der Waals surface area contributed by atoms with Crippen LogP contribution < -0.4 is 9.47 Å². The predicted molar refractivity (Wildman–Crippen MR) is 165 cm³/mol. The number of halogens is 3. The van der Waals surface area contributed by atoms with Crippen LogP contribution in [0, 0.1) is 6.92 Å². The molecule has 2 N–H and O–H groups in total. The zero-order chi connectivity index (χ0) is 32.8. The van der Waals surface area contributed by atoms with Crippen LogP contribution in [0.4, 0.5) is 13.2 Å². The van der Waals surface area contributed by atoms with Gasteiger partial charge in [-0.05, 0) is 110 Å². The molecular weight excluding hydrogens is 611 g/mol. The molecule has 0 unspecified atom stereocenters. The number of ether oxygens (including phenoxy) is 2. The average Bonchev–Trinajstić information content (AvgIpc) is 2.98. The van der Waals surface area contributed by atoms with E-state index in [1.807, 2.05) is 55.5 Å². The number of nitrogens with zero attached hydrogens (tertiary/aromatic N) is 1. The summed E-state index contributed by atoms with van der Waals surface area (Å²) in [7, 11) is -3.31. The molecule has 0 aliphatic carbocycles. The van der Waals surface area contributed by atoms with E-state index < -0.39 is 22.0 Å². The number of benzene rings is 4. The molecule has 0 aromatic heterocycles. The SMILES string of the molecule is Cc1cc(S(C)(=O)=O)ccc1-c1ccc2cc(O)ccc2c1Oc1ccc(OCCN2CCCCC2)cc1.O=C(O)C(F)(F)F. The number of piperidine rings is 1. The number of carbonyl (C=O) groups is 1. The second-order valence-electron chi connectivity index (χ2n) is 10.7. The van der Waals surface area contributed by atoms with Crippen molar-refractivity contribution in [1.82, 2.24) is 4.90 Å². The molecule has 0 spiro atoms. The first kappa shape index (κ1) is 33.6. The number of likely N-dealkylation sites (tertiary alicyclic amines) is 1. The van der Waals surface area contributed by atoms with E-state index in [1.165, 1.54) is 25.5 Å². The van der Waals surface area contributed by atoms with Crippen LogP contribution in [0.3, 0.4) is 0 Å². The molecule has 12 heteroatoms. The van der Waals surface area contributed by atoms with E-state index in [0.29, 0.717) is 18.1 Å². The number of sulfone groups is 1. The lowest BCUT2D eigenvalue weighted by molar-refractivity contribution is -0.192. The van der Waals surface area contributed by atoms with Crippen LogP contribution in [-0.4, -0.2) is 68.2 Å². The highest BCUT2D eigenvalue weighted by atomic mass is 32.2. The standard InChI is InChI=1S/C31H33NO5S.C2HF3O2/c1-22-20-27(38(2,34)35)12-15-28(22)30-13-6-23-21-24(33)7-14-29(23)31(30)37-26-10-8-25(9-11-26)36-19-18-32-16-4-3-5-17-32;3-2(4,5)1(6)7/h6-15,20-21,33H,3-5,16-19H2,1-2H3;(H,6,7). The van der Waals surface area contributed by atoms with Crippen LogP contribution in [0.15, 0.2) is 77.7 Å². The minimum Gasteiger partial charge on any atom is -0.508 e. The van der Waals surface area contributed by atoms with Crippen molar-refractivity contribution in [3.63, 3.8) is 0 Å². The Balaban J connectivity index is 0.000000591. The number of phenols is 1. The molecule has 0 saturated carbocycles. The first-order chi connectivity index (χ1) is 21.2. The zero-order valence-electron chi connectivity index (χ0n) is 24.8. The largest absolute Gasteiger partial charge is 0.508 e. The Morgan fingerprint density at radius 3 is 2.11 bits per heavy atom. The van der Waals surface area contributed by atoms with Gasteiger partial charge in [-0.2, -0.15) is 13.2 Å². The third-order valence-corrected chi connectivity index (χ3v) is 8.39. The van der Waals surface area contributed by atoms with Crippen LogP contribution >= 0.6 is 0 Å². The third-order valence-electron chi connectivity index (χ3n) is 7.28. The van der Waals surface area contributed by atoms with Crippen molar-refractivity contribution in [1.29, 1.82) is 0 Å². The Morgan fingerprint density at radius 2 is 1.51 bits per heavy atom. The smallest absolute Gasteiger partial charge is 0.490 e. The van der Waals surface area contributed by atoms with E-state index in [9.17, 15) is 26.7 Å². The second-order valence-corrected chi connectivity index (χ2v) is 12.7. The summed E-state index contributed by atoms with van der Waals surface area (Å²) in [6, 6.07) is 21.8. The highest BCUT2D eigenvalue weighted by Crippen LogP contribution is 2.42. The minimum absolute atomic E-state index is 0.177. The van der Waals surface area contributed by atoms with Gasteiger partial charge >= 0.3 is 12.1 Å². The summed E-state index contributed by atoms with van der Waals surface area (Å²) in [4.78, 5) is 11.6. The molecule has 1 aliphatic rings. The van der Waals surface area contributed by atoms with Crippen molar-refractivity contribution in [3.8, 4) is 34.1 Å². The van der Waals surface area contributed by atoms with Gasteiger partial charge in [0.15, 0.2) is 9.84 Å². The number of fused-ring (bicyclic) bond motifs is 1. The van der Waals surface area contributed by atoms with E-state index >= 15 is 0 Å². The molecule has 1 aliphatic heterocycles. The molecule has 1 heterocycles. The molecule has 4 aromatic rings. The highest BCUT2D eigenvalue weighted by molar-refractivity contribution is 7.90. The summed E-state index contributed by atoms with van der Waals surface area (Å²) in [5.74, 6) is -0.495. The number of aryl methyl sites for hydroxylation is 1. The molecule has 45 heavy (non-hydrogen) atoms. The monoisotopic (exact) mass is 645 g/mol.